The largest absolute Gasteiger partial charge is 0.492 e. The van der Waals surface area contributed by atoms with Crippen molar-refractivity contribution in [2.45, 2.75) is 33.1 Å². The Morgan fingerprint density at radius 1 is 1.21 bits per heavy atom. The minimum Gasteiger partial charge on any atom is -0.492 e. The Hall–Kier alpha value is -1.79. The maximum atomic E-state index is 5.82. The van der Waals surface area contributed by atoms with E-state index in [-0.39, 0.29) is 0 Å². The molecule has 0 bridgehead atoms. The van der Waals surface area contributed by atoms with Crippen molar-refractivity contribution in [2.24, 2.45) is 10.9 Å². The van der Waals surface area contributed by atoms with E-state index in [9.17, 15) is 0 Å². The van der Waals surface area contributed by atoms with Crippen molar-refractivity contribution in [1.29, 1.82) is 0 Å². The van der Waals surface area contributed by atoms with Gasteiger partial charge in [0.05, 0.1) is 6.54 Å². The molecule has 0 amide bonds. The molecule has 158 valence electrons. The molecule has 1 aromatic rings. The zero-order chi connectivity index (χ0) is 20.0. The molecule has 0 saturated carbocycles. The van der Waals surface area contributed by atoms with Crippen molar-refractivity contribution >= 4 is 5.96 Å². The number of likely N-dealkylation sites (N-methyl/N-ethyl adjacent to an activating group) is 1. The maximum absolute atomic E-state index is 5.82. The van der Waals surface area contributed by atoms with Crippen LogP contribution in [-0.4, -0.2) is 70.6 Å². The fraction of sp³-hybridized carbons (Fsp3) is 0.682. The number of ether oxygens (including phenoxy) is 3. The summed E-state index contributed by atoms with van der Waals surface area (Å²) in [5.41, 5.74) is 1.24. The second kappa shape index (κ2) is 13.4. The first kappa shape index (κ1) is 22.5. The summed E-state index contributed by atoms with van der Waals surface area (Å²) in [6.07, 6.45) is 3.18. The van der Waals surface area contributed by atoms with Crippen LogP contribution in [0.25, 0.3) is 0 Å². The zero-order valence-electron chi connectivity index (χ0n) is 17.8. The summed E-state index contributed by atoms with van der Waals surface area (Å²) < 4.78 is 17.0. The molecule has 1 aliphatic heterocycles. The Kier molecular flexibility index (Phi) is 10.8. The fourth-order valence-electron chi connectivity index (χ4n) is 3.03. The monoisotopic (exact) mass is 391 g/mol. The van der Waals surface area contributed by atoms with Gasteiger partial charge in [-0.05, 0) is 51.2 Å². The third-order valence-corrected chi connectivity index (χ3v) is 4.82. The van der Waals surface area contributed by atoms with E-state index in [1.807, 2.05) is 19.2 Å². The van der Waals surface area contributed by atoms with Crippen molar-refractivity contribution in [1.82, 2.24) is 10.2 Å². The minimum absolute atomic E-state index is 0.623. The van der Waals surface area contributed by atoms with Crippen LogP contribution in [0.5, 0.6) is 5.75 Å². The summed E-state index contributed by atoms with van der Waals surface area (Å²) in [7, 11) is 2.04. The second-order valence-electron chi connectivity index (χ2n) is 7.30. The zero-order valence-corrected chi connectivity index (χ0v) is 17.8. The van der Waals surface area contributed by atoms with Crippen LogP contribution in [-0.2, 0) is 9.47 Å². The van der Waals surface area contributed by atoms with E-state index >= 15 is 0 Å². The van der Waals surface area contributed by atoms with Crippen molar-refractivity contribution in [3.05, 3.63) is 29.8 Å². The summed E-state index contributed by atoms with van der Waals surface area (Å²) in [5, 5.41) is 3.35. The van der Waals surface area contributed by atoms with E-state index in [1.54, 1.807) is 0 Å². The SMILES string of the molecule is CCNC(=NCCCOCC1CCOCC1)N(C)CCOc1ccc(C)cc1. The average molecular weight is 392 g/mol. The average Bonchev–Trinajstić information content (AvgIpc) is 2.72. The molecule has 1 fully saturated rings. The molecule has 6 nitrogen and oxygen atoms in total. The summed E-state index contributed by atoms with van der Waals surface area (Å²) in [6.45, 7) is 10.5. The molecule has 1 aromatic carbocycles. The lowest BCUT2D eigenvalue weighted by atomic mass is 10.0. The molecule has 0 aliphatic carbocycles. The predicted molar refractivity (Wildman–Crippen MR) is 114 cm³/mol. The van der Waals surface area contributed by atoms with Crippen LogP contribution in [0, 0.1) is 12.8 Å². The van der Waals surface area contributed by atoms with E-state index in [0.717, 1.165) is 77.0 Å². The predicted octanol–water partition coefficient (Wildman–Crippen LogP) is 3.10. The Balaban J connectivity index is 1.62. The van der Waals surface area contributed by atoms with E-state index < -0.39 is 0 Å². The Morgan fingerprint density at radius 2 is 1.96 bits per heavy atom. The summed E-state index contributed by atoms with van der Waals surface area (Å²) in [4.78, 5) is 6.82. The molecule has 0 spiro atoms. The van der Waals surface area contributed by atoms with Gasteiger partial charge in [0.1, 0.15) is 12.4 Å². The van der Waals surface area contributed by atoms with Gasteiger partial charge in [-0.25, -0.2) is 0 Å². The summed E-state index contributed by atoms with van der Waals surface area (Å²) in [5.74, 6) is 2.48. The van der Waals surface area contributed by atoms with Crippen LogP contribution in [0.2, 0.25) is 0 Å². The molecular weight excluding hydrogens is 354 g/mol. The molecular formula is C22H37N3O3. The number of nitrogens with zero attached hydrogens (tertiary/aromatic N) is 2. The van der Waals surface area contributed by atoms with Crippen LogP contribution in [0.15, 0.2) is 29.3 Å². The van der Waals surface area contributed by atoms with E-state index in [4.69, 9.17) is 19.2 Å². The maximum Gasteiger partial charge on any atom is 0.193 e. The highest BCUT2D eigenvalue weighted by molar-refractivity contribution is 5.79. The fourth-order valence-corrected chi connectivity index (χ4v) is 3.03. The van der Waals surface area contributed by atoms with Crippen molar-refractivity contribution in [2.75, 3.05) is 59.7 Å². The van der Waals surface area contributed by atoms with Crippen LogP contribution >= 0.6 is 0 Å². The van der Waals surface area contributed by atoms with Gasteiger partial charge in [0, 0.05) is 46.6 Å². The first-order chi connectivity index (χ1) is 13.7. The molecule has 1 aliphatic rings. The number of hydrogen-bond donors (Lipinski definition) is 1. The topological polar surface area (TPSA) is 55.3 Å². The highest BCUT2D eigenvalue weighted by Gasteiger charge is 2.13. The highest BCUT2D eigenvalue weighted by atomic mass is 16.5. The van der Waals surface area contributed by atoms with Crippen LogP contribution in [0.4, 0.5) is 0 Å². The lowest BCUT2D eigenvalue weighted by Gasteiger charge is -2.22. The van der Waals surface area contributed by atoms with Crippen molar-refractivity contribution in [3.63, 3.8) is 0 Å². The smallest absolute Gasteiger partial charge is 0.193 e. The number of hydrogen-bond acceptors (Lipinski definition) is 4. The van der Waals surface area contributed by atoms with Gasteiger partial charge < -0.3 is 24.4 Å². The number of nitrogens with one attached hydrogen (secondary N) is 1. The first-order valence-corrected chi connectivity index (χ1v) is 10.5. The standard InChI is InChI=1S/C22H37N3O3/c1-4-23-22(24-12-5-14-27-18-20-10-15-26-16-11-20)25(3)13-17-28-21-8-6-19(2)7-9-21/h6-9,20H,4-5,10-18H2,1-3H3,(H,23,24). The minimum atomic E-state index is 0.623. The summed E-state index contributed by atoms with van der Waals surface area (Å²) >= 11 is 0. The van der Waals surface area contributed by atoms with Crippen LogP contribution in [0.3, 0.4) is 0 Å². The van der Waals surface area contributed by atoms with Gasteiger partial charge in [-0.2, -0.15) is 0 Å². The van der Waals surface area contributed by atoms with Gasteiger partial charge in [0.15, 0.2) is 5.96 Å². The molecule has 0 radical (unpaired) electrons. The van der Waals surface area contributed by atoms with Crippen LogP contribution in [0.1, 0.15) is 31.7 Å². The lowest BCUT2D eigenvalue weighted by molar-refractivity contribution is 0.0205. The normalized spacial score (nSPS) is 15.5. The molecule has 1 N–H and O–H groups in total. The molecule has 1 heterocycles. The van der Waals surface area contributed by atoms with Gasteiger partial charge in [0.25, 0.3) is 0 Å². The molecule has 0 aromatic heterocycles. The molecule has 0 atom stereocenters. The van der Waals surface area contributed by atoms with E-state index in [2.05, 4.69) is 36.2 Å². The van der Waals surface area contributed by atoms with Gasteiger partial charge in [-0.1, -0.05) is 17.7 Å². The first-order valence-electron chi connectivity index (χ1n) is 10.5. The van der Waals surface area contributed by atoms with Gasteiger partial charge in [-0.3, -0.25) is 4.99 Å². The van der Waals surface area contributed by atoms with E-state index in [0.29, 0.717) is 12.5 Å². The number of guanidine groups is 1. The second-order valence-corrected chi connectivity index (χ2v) is 7.30. The number of aryl methyl sites for hydroxylation is 1. The van der Waals surface area contributed by atoms with Crippen molar-refractivity contribution in [3.8, 4) is 5.75 Å². The molecule has 6 heteroatoms. The Labute approximate surface area is 170 Å². The third-order valence-electron chi connectivity index (χ3n) is 4.82. The van der Waals surface area contributed by atoms with Gasteiger partial charge in [-0.15, -0.1) is 0 Å². The van der Waals surface area contributed by atoms with E-state index in [1.165, 1.54) is 5.56 Å². The third kappa shape index (κ3) is 8.93. The molecule has 2 rings (SSSR count). The van der Waals surface area contributed by atoms with Crippen molar-refractivity contribution < 1.29 is 14.2 Å². The molecule has 1 saturated heterocycles. The lowest BCUT2D eigenvalue weighted by Crippen LogP contribution is -2.41. The molecule has 0 unspecified atom stereocenters. The number of benzene rings is 1. The highest BCUT2D eigenvalue weighted by Crippen LogP contribution is 2.14. The summed E-state index contributed by atoms with van der Waals surface area (Å²) in [6, 6.07) is 8.15. The molecule has 28 heavy (non-hydrogen) atoms. The number of aliphatic imine (C=N–C) groups is 1. The Bertz CT molecular complexity index is 557. The quantitative estimate of drug-likeness (QED) is 0.357. The van der Waals surface area contributed by atoms with Gasteiger partial charge in [0.2, 0.25) is 0 Å². The number of rotatable bonds is 11. The Morgan fingerprint density at radius 3 is 2.68 bits per heavy atom. The van der Waals surface area contributed by atoms with Gasteiger partial charge >= 0.3 is 0 Å². The van der Waals surface area contributed by atoms with Crippen LogP contribution < -0.4 is 10.1 Å².